The molecule has 2 atom stereocenters. The van der Waals surface area contributed by atoms with Crippen LogP contribution >= 0.6 is 11.3 Å². The topological polar surface area (TPSA) is 104 Å². The summed E-state index contributed by atoms with van der Waals surface area (Å²) in [5.74, 6) is -1.21. The van der Waals surface area contributed by atoms with Crippen LogP contribution in [0.25, 0.3) is 0 Å². The molecule has 0 radical (unpaired) electrons. The van der Waals surface area contributed by atoms with Gasteiger partial charge >= 0.3 is 5.97 Å². The van der Waals surface area contributed by atoms with Crippen LogP contribution in [0.2, 0.25) is 0 Å². The van der Waals surface area contributed by atoms with Gasteiger partial charge in [0.15, 0.2) is 0 Å². The molecular weight excluding hydrogens is 290 g/mol. The number of thiophene rings is 1. The Morgan fingerprint density at radius 1 is 1.47 bits per heavy atom. The smallest absolute Gasteiger partial charge is 0.336 e. The summed E-state index contributed by atoms with van der Waals surface area (Å²) in [4.78, 5) is 10.7. The molecule has 1 aliphatic rings. The first-order valence-electron chi connectivity index (χ1n) is 5.89. The Hall–Kier alpha value is -0.960. The molecule has 0 aromatic carbocycles. The molecule has 1 heterocycles. The van der Waals surface area contributed by atoms with Gasteiger partial charge in [-0.25, -0.2) is 17.9 Å². The van der Waals surface area contributed by atoms with Gasteiger partial charge in [0.25, 0.3) is 0 Å². The van der Waals surface area contributed by atoms with E-state index in [1.807, 2.05) is 0 Å². The van der Waals surface area contributed by atoms with Gasteiger partial charge in [-0.15, -0.1) is 11.3 Å². The van der Waals surface area contributed by atoms with Crippen LogP contribution in [0.5, 0.6) is 0 Å². The van der Waals surface area contributed by atoms with E-state index < -0.39 is 16.0 Å². The lowest BCUT2D eigenvalue weighted by molar-refractivity contribution is 0.0697. The maximum atomic E-state index is 12.1. The molecule has 0 aliphatic heterocycles. The van der Waals surface area contributed by atoms with Crippen molar-refractivity contribution in [3.63, 3.8) is 0 Å². The predicted molar refractivity (Wildman–Crippen MR) is 69.8 cm³/mol. The minimum atomic E-state index is -3.71. The van der Waals surface area contributed by atoms with Gasteiger partial charge in [0.1, 0.15) is 4.21 Å². The normalized spacial score (nSPS) is 23.6. The van der Waals surface area contributed by atoms with Crippen molar-refractivity contribution < 1.29 is 23.4 Å². The van der Waals surface area contributed by atoms with Gasteiger partial charge in [-0.1, -0.05) is 6.42 Å². The van der Waals surface area contributed by atoms with Gasteiger partial charge in [0.05, 0.1) is 5.56 Å². The van der Waals surface area contributed by atoms with Crippen LogP contribution in [0.15, 0.2) is 15.7 Å². The number of rotatable bonds is 5. The molecule has 1 fully saturated rings. The molecule has 0 saturated heterocycles. The largest absolute Gasteiger partial charge is 0.478 e. The zero-order valence-corrected chi connectivity index (χ0v) is 11.7. The summed E-state index contributed by atoms with van der Waals surface area (Å²) < 4.78 is 26.8. The summed E-state index contributed by atoms with van der Waals surface area (Å²) in [6.07, 6.45) is 2.37. The van der Waals surface area contributed by atoms with E-state index in [-0.39, 0.29) is 28.3 Å². The fourth-order valence-corrected chi connectivity index (χ4v) is 4.75. The Bertz CT molecular complexity index is 565. The molecule has 1 aromatic rings. The van der Waals surface area contributed by atoms with Gasteiger partial charge in [-0.2, -0.15) is 0 Å². The Balaban J connectivity index is 2.15. The Kier molecular flexibility index (Phi) is 4.24. The van der Waals surface area contributed by atoms with Crippen molar-refractivity contribution in [1.29, 1.82) is 0 Å². The number of carboxylic acids is 1. The third-order valence-corrected chi connectivity index (χ3v) is 6.22. The van der Waals surface area contributed by atoms with Crippen molar-refractivity contribution in [2.24, 2.45) is 5.92 Å². The number of carboxylic acid groups (broad SMARTS) is 1. The summed E-state index contributed by atoms with van der Waals surface area (Å²) in [5.41, 5.74) is -0.0319. The first kappa shape index (κ1) is 14.4. The number of aliphatic hydroxyl groups excluding tert-OH is 1. The number of hydrogen-bond donors (Lipinski definition) is 3. The molecule has 2 unspecified atom stereocenters. The van der Waals surface area contributed by atoms with E-state index in [0.29, 0.717) is 6.42 Å². The average Bonchev–Trinajstić information content (AvgIpc) is 2.95. The highest BCUT2D eigenvalue weighted by atomic mass is 32.2. The van der Waals surface area contributed by atoms with Crippen LogP contribution < -0.4 is 4.72 Å². The van der Waals surface area contributed by atoms with Crippen LogP contribution in [-0.2, 0) is 10.0 Å². The average molecular weight is 305 g/mol. The molecule has 0 bridgehead atoms. The third kappa shape index (κ3) is 3.14. The molecule has 1 aromatic heterocycles. The minimum Gasteiger partial charge on any atom is -0.478 e. The summed E-state index contributed by atoms with van der Waals surface area (Å²) in [7, 11) is -3.71. The van der Waals surface area contributed by atoms with Crippen LogP contribution in [0.3, 0.4) is 0 Å². The van der Waals surface area contributed by atoms with E-state index in [0.717, 1.165) is 30.2 Å². The van der Waals surface area contributed by atoms with E-state index in [1.165, 1.54) is 5.38 Å². The fourth-order valence-electron chi connectivity index (χ4n) is 2.24. The molecule has 3 N–H and O–H groups in total. The van der Waals surface area contributed by atoms with Crippen LogP contribution in [0.4, 0.5) is 0 Å². The third-order valence-electron chi connectivity index (χ3n) is 3.29. The Morgan fingerprint density at radius 3 is 2.79 bits per heavy atom. The second kappa shape index (κ2) is 5.58. The van der Waals surface area contributed by atoms with Crippen molar-refractivity contribution in [2.75, 3.05) is 6.61 Å². The van der Waals surface area contributed by atoms with Crippen molar-refractivity contribution in [2.45, 2.75) is 29.5 Å². The highest BCUT2D eigenvalue weighted by molar-refractivity contribution is 7.91. The van der Waals surface area contributed by atoms with Crippen LogP contribution in [0.1, 0.15) is 29.6 Å². The molecule has 6 nitrogen and oxygen atoms in total. The molecular formula is C11H15NO5S2. The zero-order chi connectivity index (χ0) is 14.0. The van der Waals surface area contributed by atoms with Crippen molar-refractivity contribution in [1.82, 2.24) is 4.72 Å². The molecule has 106 valence electrons. The van der Waals surface area contributed by atoms with Crippen molar-refractivity contribution in [3.05, 3.63) is 17.0 Å². The lowest BCUT2D eigenvalue weighted by Gasteiger charge is -2.18. The Labute approximate surface area is 115 Å². The fraction of sp³-hybridized carbons (Fsp3) is 0.545. The van der Waals surface area contributed by atoms with E-state index in [9.17, 15) is 18.3 Å². The predicted octanol–water partition coefficient (Wildman–Crippen LogP) is 0.886. The maximum absolute atomic E-state index is 12.1. The second-order valence-electron chi connectivity index (χ2n) is 4.56. The standard InChI is InChI=1S/C11H15NO5S2/c13-5-7-2-1-3-9(7)12-19(16,17)10-4-8(6-18-10)11(14)15/h4,6-7,9,12-13H,1-3,5H2,(H,14,15). The van der Waals surface area contributed by atoms with E-state index in [2.05, 4.69) is 4.72 Å². The quantitative estimate of drug-likeness (QED) is 0.749. The number of sulfonamides is 1. The number of aromatic carboxylic acids is 1. The summed E-state index contributed by atoms with van der Waals surface area (Å²) in [5, 5.41) is 19.3. The van der Waals surface area contributed by atoms with E-state index in [1.54, 1.807) is 0 Å². The zero-order valence-electron chi connectivity index (χ0n) is 10.1. The number of hydrogen-bond acceptors (Lipinski definition) is 5. The maximum Gasteiger partial charge on any atom is 0.336 e. The van der Waals surface area contributed by atoms with Gasteiger partial charge in [0.2, 0.25) is 10.0 Å². The van der Waals surface area contributed by atoms with Gasteiger partial charge < -0.3 is 10.2 Å². The lowest BCUT2D eigenvalue weighted by atomic mass is 10.1. The van der Waals surface area contributed by atoms with Crippen LogP contribution in [-0.4, -0.2) is 37.2 Å². The molecule has 19 heavy (non-hydrogen) atoms. The number of carbonyl (C=O) groups is 1. The van der Waals surface area contributed by atoms with E-state index >= 15 is 0 Å². The Morgan fingerprint density at radius 2 is 2.21 bits per heavy atom. The SMILES string of the molecule is O=C(O)c1csc(S(=O)(=O)NC2CCCC2CO)c1. The number of nitrogens with one attached hydrogen (secondary N) is 1. The monoisotopic (exact) mass is 305 g/mol. The molecule has 0 spiro atoms. The van der Waals surface area contributed by atoms with Gasteiger partial charge in [-0.3, -0.25) is 0 Å². The highest BCUT2D eigenvalue weighted by Crippen LogP contribution is 2.28. The molecule has 0 amide bonds. The number of aliphatic hydroxyl groups is 1. The second-order valence-corrected chi connectivity index (χ2v) is 7.41. The highest BCUT2D eigenvalue weighted by Gasteiger charge is 2.31. The molecule has 1 saturated carbocycles. The van der Waals surface area contributed by atoms with Crippen molar-refractivity contribution >= 4 is 27.3 Å². The van der Waals surface area contributed by atoms with Gasteiger partial charge in [-0.05, 0) is 24.8 Å². The van der Waals surface area contributed by atoms with Crippen LogP contribution in [0, 0.1) is 5.92 Å². The first-order valence-corrected chi connectivity index (χ1v) is 8.25. The van der Waals surface area contributed by atoms with E-state index in [4.69, 9.17) is 5.11 Å². The first-order chi connectivity index (χ1) is 8.94. The molecule has 1 aliphatic carbocycles. The lowest BCUT2D eigenvalue weighted by Crippen LogP contribution is -2.38. The van der Waals surface area contributed by atoms with Gasteiger partial charge in [0, 0.05) is 18.0 Å². The summed E-state index contributed by atoms with van der Waals surface area (Å²) in [6, 6.07) is 0.878. The minimum absolute atomic E-state index is 0.00603. The summed E-state index contributed by atoms with van der Waals surface area (Å²) >= 11 is 0.883. The summed E-state index contributed by atoms with van der Waals surface area (Å²) in [6.45, 7) is -0.0436. The molecule has 8 heteroatoms. The van der Waals surface area contributed by atoms with Crippen molar-refractivity contribution in [3.8, 4) is 0 Å². The molecule has 2 rings (SSSR count).